The second-order valence-electron chi connectivity index (χ2n) is 4.75. The van der Waals surface area contributed by atoms with E-state index in [2.05, 4.69) is 10.4 Å². The molecule has 0 aliphatic rings. The van der Waals surface area contributed by atoms with Crippen LogP contribution in [-0.2, 0) is 11.3 Å². The zero-order valence-corrected chi connectivity index (χ0v) is 13.9. The fraction of sp³-hybridized carbons (Fsp3) is 0.267. The Morgan fingerprint density at radius 2 is 2.09 bits per heavy atom. The van der Waals surface area contributed by atoms with Crippen molar-refractivity contribution in [3.8, 4) is 5.75 Å². The van der Waals surface area contributed by atoms with E-state index in [1.165, 1.54) is 16.8 Å². The molecule has 23 heavy (non-hydrogen) atoms. The molecule has 0 bridgehead atoms. The lowest BCUT2D eigenvalue weighted by Crippen LogP contribution is -2.34. The first-order chi connectivity index (χ1) is 11.0. The molecule has 2 rings (SSSR count). The third kappa shape index (κ3) is 5.26. The largest absolute Gasteiger partial charge is 0.482 e. The number of amides is 1. The molecule has 0 spiro atoms. The summed E-state index contributed by atoms with van der Waals surface area (Å²) in [6, 6.07) is 7.83. The molecule has 0 fully saturated rings. The third-order valence-corrected chi connectivity index (χ3v) is 3.43. The predicted octanol–water partition coefficient (Wildman–Crippen LogP) is 2.05. The van der Waals surface area contributed by atoms with E-state index in [1.54, 1.807) is 25.1 Å². The van der Waals surface area contributed by atoms with E-state index in [0.717, 1.165) is 5.69 Å². The maximum atomic E-state index is 11.7. The molecule has 0 saturated heterocycles. The van der Waals surface area contributed by atoms with Crippen molar-refractivity contribution >= 4 is 29.1 Å². The van der Waals surface area contributed by atoms with Crippen LogP contribution < -0.4 is 15.6 Å². The number of carbonyl (C=O) groups excluding carboxylic acids is 1. The van der Waals surface area contributed by atoms with E-state index < -0.39 is 0 Å². The van der Waals surface area contributed by atoms with Crippen molar-refractivity contribution in [3.05, 3.63) is 56.4 Å². The number of aryl methyl sites for hydroxylation is 1. The molecule has 1 aromatic carbocycles. The standard InChI is InChI=1S/C15H15Cl2N3O3/c1-10-2-5-15(22)20(19-10)7-6-18-14(21)9-23-13-4-3-11(16)8-12(13)17/h2-5,8H,6-7,9H2,1H3,(H,18,21). The average Bonchev–Trinajstić information content (AvgIpc) is 2.50. The van der Waals surface area contributed by atoms with Gasteiger partial charge < -0.3 is 10.1 Å². The number of benzene rings is 1. The normalized spacial score (nSPS) is 10.4. The SMILES string of the molecule is Cc1ccc(=O)n(CCNC(=O)COc2ccc(Cl)cc2Cl)n1. The molecule has 2 aromatic rings. The molecule has 0 saturated carbocycles. The van der Waals surface area contributed by atoms with Crippen molar-refractivity contribution < 1.29 is 9.53 Å². The first-order valence-corrected chi connectivity index (χ1v) is 7.60. The van der Waals surface area contributed by atoms with Gasteiger partial charge in [0.1, 0.15) is 5.75 Å². The number of rotatable bonds is 6. The van der Waals surface area contributed by atoms with Crippen molar-refractivity contribution in [1.29, 1.82) is 0 Å². The highest BCUT2D eigenvalue weighted by Crippen LogP contribution is 2.27. The number of hydrogen-bond donors (Lipinski definition) is 1. The fourth-order valence-electron chi connectivity index (χ4n) is 1.80. The van der Waals surface area contributed by atoms with Crippen LogP contribution in [0.4, 0.5) is 0 Å². The van der Waals surface area contributed by atoms with Crippen molar-refractivity contribution in [3.63, 3.8) is 0 Å². The molecule has 0 aliphatic carbocycles. The number of aromatic nitrogens is 2. The quantitative estimate of drug-likeness (QED) is 0.860. The number of nitrogens with zero attached hydrogens (tertiary/aromatic N) is 2. The van der Waals surface area contributed by atoms with Gasteiger partial charge in [-0.25, -0.2) is 4.68 Å². The van der Waals surface area contributed by atoms with Gasteiger partial charge in [0.05, 0.1) is 17.3 Å². The molecule has 0 atom stereocenters. The minimum Gasteiger partial charge on any atom is -0.482 e. The maximum Gasteiger partial charge on any atom is 0.266 e. The Balaban J connectivity index is 1.79. The van der Waals surface area contributed by atoms with Crippen molar-refractivity contribution in [2.45, 2.75) is 13.5 Å². The Kier molecular flexibility index (Phi) is 6.01. The van der Waals surface area contributed by atoms with Crippen LogP contribution in [0.1, 0.15) is 5.69 Å². The van der Waals surface area contributed by atoms with Gasteiger partial charge in [-0.2, -0.15) is 5.10 Å². The van der Waals surface area contributed by atoms with Gasteiger partial charge in [-0.1, -0.05) is 23.2 Å². The molecule has 1 aromatic heterocycles. The summed E-state index contributed by atoms with van der Waals surface area (Å²) < 4.78 is 6.61. The van der Waals surface area contributed by atoms with Gasteiger partial charge in [0.2, 0.25) is 0 Å². The lowest BCUT2D eigenvalue weighted by Gasteiger charge is -2.09. The molecule has 122 valence electrons. The maximum absolute atomic E-state index is 11.7. The highest BCUT2D eigenvalue weighted by atomic mass is 35.5. The number of hydrogen-bond acceptors (Lipinski definition) is 4. The Bertz CT molecular complexity index is 762. The molecule has 1 amide bonds. The minimum atomic E-state index is -0.322. The summed E-state index contributed by atoms with van der Waals surface area (Å²) >= 11 is 11.7. The molecule has 0 unspecified atom stereocenters. The molecule has 8 heteroatoms. The van der Waals surface area contributed by atoms with Crippen LogP contribution in [0.5, 0.6) is 5.75 Å². The second-order valence-corrected chi connectivity index (χ2v) is 5.59. The van der Waals surface area contributed by atoms with Crippen molar-refractivity contribution in [2.75, 3.05) is 13.2 Å². The summed E-state index contributed by atoms with van der Waals surface area (Å²) in [5, 5.41) is 7.54. The van der Waals surface area contributed by atoms with E-state index in [-0.39, 0.29) is 31.2 Å². The Morgan fingerprint density at radius 1 is 1.30 bits per heavy atom. The van der Waals surface area contributed by atoms with Gasteiger partial charge in [-0.3, -0.25) is 9.59 Å². The van der Waals surface area contributed by atoms with E-state index >= 15 is 0 Å². The number of ether oxygens (including phenoxy) is 1. The van der Waals surface area contributed by atoms with Gasteiger partial charge >= 0.3 is 0 Å². The van der Waals surface area contributed by atoms with E-state index in [0.29, 0.717) is 15.8 Å². The summed E-state index contributed by atoms with van der Waals surface area (Å²) in [6.07, 6.45) is 0. The summed E-state index contributed by atoms with van der Waals surface area (Å²) in [5.41, 5.74) is 0.519. The van der Waals surface area contributed by atoms with E-state index in [1.807, 2.05) is 0 Å². The fourth-order valence-corrected chi connectivity index (χ4v) is 2.26. The lowest BCUT2D eigenvalue weighted by atomic mass is 10.3. The number of carbonyl (C=O) groups is 1. The van der Waals surface area contributed by atoms with Crippen LogP contribution in [0, 0.1) is 6.92 Å². The number of halogens is 2. The highest BCUT2D eigenvalue weighted by Gasteiger charge is 2.06. The Labute approximate surface area is 143 Å². The highest BCUT2D eigenvalue weighted by molar-refractivity contribution is 6.35. The molecular formula is C15H15Cl2N3O3. The zero-order chi connectivity index (χ0) is 16.8. The van der Waals surface area contributed by atoms with Crippen LogP contribution in [0.15, 0.2) is 35.1 Å². The van der Waals surface area contributed by atoms with Crippen LogP contribution in [0.25, 0.3) is 0 Å². The zero-order valence-electron chi connectivity index (χ0n) is 12.4. The van der Waals surface area contributed by atoms with E-state index in [9.17, 15) is 9.59 Å². The van der Waals surface area contributed by atoms with Gasteiger partial charge in [0.25, 0.3) is 11.5 Å². The van der Waals surface area contributed by atoms with Crippen LogP contribution >= 0.6 is 23.2 Å². The smallest absolute Gasteiger partial charge is 0.266 e. The summed E-state index contributed by atoms with van der Waals surface area (Å²) in [7, 11) is 0. The average molecular weight is 356 g/mol. The molecule has 0 aliphatic heterocycles. The van der Waals surface area contributed by atoms with E-state index in [4.69, 9.17) is 27.9 Å². The molecule has 0 radical (unpaired) electrons. The monoisotopic (exact) mass is 355 g/mol. The predicted molar refractivity (Wildman–Crippen MR) is 88.2 cm³/mol. The summed E-state index contributed by atoms with van der Waals surface area (Å²) in [5.74, 6) is 0.0551. The van der Waals surface area contributed by atoms with Gasteiger partial charge in [0, 0.05) is 17.6 Å². The second kappa shape index (κ2) is 7.99. The van der Waals surface area contributed by atoms with Crippen molar-refractivity contribution in [2.24, 2.45) is 0 Å². The molecule has 6 nitrogen and oxygen atoms in total. The molecule has 1 heterocycles. The van der Waals surface area contributed by atoms with Gasteiger partial charge in [0.15, 0.2) is 6.61 Å². The first-order valence-electron chi connectivity index (χ1n) is 6.85. The Hall–Kier alpha value is -2.05. The van der Waals surface area contributed by atoms with Gasteiger partial charge in [-0.15, -0.1) is 0 Å². The number of nitrogens with one attached hydrogen (secondary N) is 1. The summed E-state index contributed by atoms with van der Waals surface area (Å²) in [4.78, 5) is 23.3. The minimum absolute atomic E-state index is 0.183. The van der Waals surface area contributed by atoms with Gasteiger partial charge in [-0.05, 0) is 31.2 Å². The first kappa shape index (κ1) is 17.3. The van der Waals surface area contributed by atoms with Crippen LogP contribution in [0.2, 0.25) is 10.0 Å². The lowest BCUT2D eigenvalue weighted by molar-refractivity contribution is -0.123. The van der Waals surface area contributed by atoms with Crippen LogP contribution in [0.3, 0.4) is 0 Å². The van der Waals surface area contributed by atoms with Crippen LogP contribution in [-0.4, -0.2) is 28.8 Å². The molecular weight excluding hydrogens is 341 g/mol. The van der Waals surface area contributed by atoms with Crippen molar-refractivity contribution in [1.82, 2.24) is 15.1 Å². The Morgan fingerprint density at radius 3 is 2.83 bits per heavy atom. The summed E-state index contributed by atoms with van der Waals surface area (Å²) in [6.45, 7) is 2.16. The molecule has 1 N–H and O–H groups in total. The topological polar surface area (TPSA) is 73.2 Å². The third-order valence-electron chi connectivity index (χ3n) is 2.90.